The molecule has 24 heavy (non-hydrogen) atoms. The van der Waals surface area contributed by atoms with E-state index in [1.165, 1.54) is 7.11 Å². The second-order valence-corrected chi connectivity index (χ2v) is 6.76. The maximum Gasteiger partial charge on any atom is 0.308 e. The van der Waals surface area contributed by atoms with Crippen molar-refractivity contribution in [2.45, 2.75) is 25.8 Å². The van der Waals surface area contributed by atoms with E-state index in [9.17, 15) is 9.59 Å². The Balaban J connectivity index is 1.85. The highest BCUT2D eigenvalue weighted by molar-refractivity contribution is 6.30. The summed E-state index contributed by atoms with van der Waals surface area (Å²) in [5.74, 6) is -0.151. The highest BCUT2D eigenvalue weighted by Gasteiger charge is 2.28. The number of carbonyl (C=O) groups excluding carboxylic acids is 2. The van der Waals surface area contributed by atoms with Crippen molar-refractivity contribution in [1.29, 1.82) is 0 Å². The van der Waals surface area contributed by atoms with Gasteiger partial charge in [0.2, 0.25) is 5.91 Å². The topological polar surface area (TPSA) is 49.9 Å². The zero-order valence-electron chi connectivity index (χ0n) is 14.5. The molecule has 0 aromatic heterocycles. The molecule has 0 spiro atoms. The molecular weight excluding hydrogens is 328 g/mol. The number of halogens is 1. The van der Waals surface area contributed by atoms with Crippen molar-refractivity contribution in [3.63, 3.8) is 0 Å². The Hall–Kier alpha value is -1.59. The number of esters is 1. The van der Waals surface area contributed by atoms with Gasteiger partial charge in [-0.2, -0.15) is 0 Å². The average molecular weight is 353 g/mol. The van der Waals surface area contributed by atoms with E-state index in [0.717, 1.165) is 5.56 Å². The minimum Gasteiger partial charge on any atom is -0.469 e. The molecule has 6 heteroatoms. The van der Waals surface area contributed by atoms with E-state index in [0.29, 0.717) is 37.5 Å². The van der Waals surface area contributed by atoms with E-state index in [1.807, 2.05) is 41.1 Å². The molecule has 1 amide bonds. The van der Waals surface area contributed by atoms with E-state index in [1.54, 1.807) is 0 Å². The third-order valence-corrected chi connectivity index (χ3v) is 5.03. The number of likely N-dealkylation sites (N-methyl/N-ethyl adjacent to an activating group) is 1. The van der Waals surface area contributed by atoms with Crippen LogP contribution in [0.2, 0.25) is 5.02 Å². The molecule has 1 aromatic rings. The summed E-state index contributed by atoms with van der Waals surface area (Å²) >= 11 is 5.92. The summed E-state index contributed by atoms with van der Waals surface area (Å²) in [4.78, 5) is 27.9. The van der Waals surface area contributed by atoms with Crippen molar-refractivity contribution in [3.05, 3.63) is 34.9 Å². The number of methoxy groups -OCH3 is 1. The van der Waals surface area contributed by atoms with Crippen LogP contribution < -0.4 is 0 Å². The molecule has 5 nitrogen and oxygen atoms in total. The third kappa shape index (κ3) is 4.71. The Morgan fingerprint density at radius 1 is 1.29 bits per heavy atom. The van der Waals surface area contributed by atoms with Gasteiger partial charge in [-0.05, 0) is 44.5 Å². The fourth-order valence-electron chi connectivity index (χ4n) is 2.98. The lowest BCUT2D eigenvalue weighted by Crippen LogP contribution is -2.44. The number of carbonyl (C=O) groups is 2. The lowest BCUT2D eigenvalue weighted by molar-refractivity contribution is -0.149. The van der Waals surface area contributed by atoms with Gasteiger partial charge in [0.25, 0.3) is 0 Å². The van der Waals surface area contributed by atoms with Gasteiger partial charge in [0.05, 0.1) is 19.6 Å². The molecule has 2 rings (SSSR count). The number of benzene rings is 1. The molecule has 1 fully saturated rings. The minimum atomic E-state index is -0.171. The summed E-state index contributed by atoms with van der Waals surface area (Å²) in [6.07, 6.45) is 1.35. The molecule has 0 radical (unpaired) electrons. The van der Waals surface area contributed by atoms with Crippen LogP contribution in [-0.2, 0) is 14.3 Å². The van der Waals surface area contributed by atoms with Gasteiger partial charge in [0, 0.05) is 24.2 Å². The van der Waals surface area contributed by atoms with Crippen LogP contribution in [0, 0.1) is 5.92 Å². The second kappa shape index (κ2) is 8.49. The monoisotopic (exact) mass is 352 g/mol. The lowest BCUT2D eigenvalue weighted by Gasteiger charge is -2.33. The number of amides is 1. The Labute approximate surface area is 148 Å². The van der Waals surface area contributed by atoms with Crippen LogP contribution in [0.25, 0.3) is 0 Å². The van der Waals surface area contributed by atoms with Crippen LogP contribution in [0.3, 0.4) is 0 Å². The molecule has 0 bridgehead atoms. The van der Waals surface area contributed by atoms with Crippen molar-refractivity contribution in [2.75, 3.05) is 33.8 Å². The van der Waals surface area contributed by atoms with E-state index < -0.39 is 0 Å². The van der Waals surface area contributed by atoms with E-state index in [4.69, 9.17) is 16.3 Å². The zero-order chi connectivity index (χ0) is 17.7. The Bertz CT molecular complexity index is 568. The van der Waals surface area contributed by atoms with Crippen LogP contribution in [0.5, 0.6) is 0 Å². The number of piperidine rings is 1. The number of hydrogen-bond donors (Lipinski definition) is 0. The van der Waals surface area contributed by atoms with Gasteiger partial charge >= 0.3 is 5.97 Å². The van der Waals surface area contributed by atoms with Crippen molar-refractivity contribution in [2.24, 2.45) is 5.92 Å². The Morgan fingerprint density at radius 2 is 1.88 bits per heavy atom. The molecule has 1 aliphatic heterocycles. The zero-order valence-corrected chi connectivity index (χ0v) is 15.3. The number of hydrogen-bond acceptors (Lipinski definition) is 4. The molecule has 1 aliphatic rings. The van der Waals surface area contributed by atoms with Crippen LogP contribution in [0.4, 0.5) is 0 Å². The van der Waals surface area contributed by atoms with E-state index in [-0.39, 0.29) is 23.8 Å². The van der Waals surface area contributed by atoms with Gasteiger partial charge < -0.3 is 9.64 Å². The molecule has 0 saturated carbocycles. The normalized spacial score (nSPS) is 17.0. The lowest BCUT2D eigenvalue weighted by atomic mass is 9.97. The standard InChI is InChI=1S/C18H25ClN2O3/c1-13(14-4-6-16(19)7-5-14)20(2)12-17(22)21-10-8-15(9-11-21)18(23)24-3/h4-7,13,15H,8-12H2,1-3H3. The summed E-state index contributed by atoms with van der Waals surface area (Å²) in [7, 11) is 3.35. The van der Waals surface area contributed by atoms with E-state index >= 15 is 0 Å². The molecular formula is C18H25ClN2O3. The van der Waals surface area contributed by atoms with Gasteiger partial charge in [-0.3, -0.25) is 14.5 Å². The molecule has 1 atom stereocenters. The van der Waals surface area contributed by atoms with E-state index in [2.05, 4.69) is 6.92 Å². The third-order valence-electron chi connectivity index (χ3n) is 4.78. The summed E-state index contributed by atoms with van der Waals surface area (Å²) in [6, 6.07) is 7.81. The molecule has 1 heterocycles. The van der Waals surface area contributed by atoms with Gasteiger partial charge in [0.15, 0.2) is 0 Å². The molecule has 0 N–H and O–H groups in total. The van der Waals surface area contributed by atoms with Crippen molar-refractivity contribution >= 4 is 23.5 Å². The molecule has 1 saturated heterocycles. The first-order chi connectivity index (χ1) is 11.4. The van der Waals surface area contributed by atoms with Crippen molar-refractivity contribution in [3.8, 4) is 0 Å². The number of likely N-dealkylation sites (tertiary alicyclic amines) is 1. The number of rotatable bonds is 5. The predicted molar refractivity (Wildman–Crippen MR) is 93.8 cm³/mol. The maximum absolute atomic E-state index is 12.5. The first kappa shape index (κ1) is 18.7. The van der Waals surface area contributed by atoms with Gasteiger partial charge in [-0.1, -0.05) is 23.7 Å². The Morgan fingerprint density at radius 3 is 2.42 bits per heavy atom. The fourth-order valence-corrected chi connectivity index (χ4v) is 3.10. The van der Waals surface area contributed by atoms with Gasteiger partial charge in [-0.25, -0.2) is 0 Å². The average Bonchev–Trinajstić information content (AvgIpc) is 2.61. The smallest absolute Gasteiger partial charge is 0.308 e. The summed E-state index contributed by atoms with van der Waals surface area (Å²) in [5.41, 5.74) is 1.12. The summed E-state index contributed by atoms with van der Waals surface area (Å²) < 4.78 is 4.78. The SMILES string of the molecule is COC(=O)C1CCN(C(=O)CN(C)C(C)c2ccc(Cl)cc2)CC1. The Kier molecular flexibility index (Phi) is 6.63. The van der Waals surface area contributed by atoms with Crippen molar-refractivity contribution < 1.29 is 14.3 Å². The first-order valence-corrected chi connectivity index (χ1v) is 8.61. The highest BCUT2D eigenvalue weighted by atomic mass is 35.5. The number of nitrogens with zero attached hydrogens (tertiary/aromatic N) is 2. The largest absolute Gasteiger partial charge is 0.469 e. The van der Waals surface area contributed by atoms with Crippen LogP contribution in [-0.4, -0.2) is 55.5 Å². The minimum absolute atomic E-state index is 0.0789. The highest BCUT2D eigenvalue weighted by Crippen LogP contribution is 2.22. The molecule has 1 unspecified atom stereocenters. The summed E-state index contributed by atoms with van der Waals surface area (Å²) in [5, 5.41) is 0.707. The van der Waals surface area contributed by atoms with Crippen LogP contribution >= 0.6 is 11.6 Å². The number of ether oxygens (including phenoxy) is 1. The fraction of sp³-hybridized carbons (Fsp3) is 0.556. The van der Waals surface area contributed by atoms with Gasteiger partial charge in [0.1, 0.15) is 0 Å². The molecule has 132 valence electrons. The molecule has 0 aliphatic carbocycles. The first-order valence-electron chi connectivity index (χ1n) is 8.23. The predicted octanol–water partition coefficient (Wildman–Crippen LogP) is 2.74. The second-order valence-electron chi connectivity index (χ2n) is 6.32. The quantitative estimate of drug-likeness (QED) is 0.764. The molecule has 1 aromatic carbocycles. The van der Waals surface area contributed by atoms with Crippen molar-refractivity contribution in [1.82, 2.24) is 9.80 Å². The van der Waals surface area contributed by atoms with Crippen LogP contribution in [0.15, 0.2) is 24.3 Å². The van der Waals surface area contributed by atoms with Gasteiger partial charge in [-0.15, -0.1) is 0 Å². The maximum atomic E-state index is 12.5. The van der Waals surface area contributed by atoms with Crippen LogP contribution in [0.1, 0.15) is 31.4 Å². The summed E-state index contributed by atoms with van der Waals surface area (Å²) in [6.45, 7) is 3.65.